The minimum Gasteiger partial charge on any atom is -0.497 e. The van der Waals surface area contributed by atoms with Crippen LogP contribution < -0.4 is 10.5 Å². The first kappa shape index (κ1) is 13.9. The van der Waals surface area contributed by atoms with Crippen molar-refractivity contribution in [2.45, 2.75) is 25.1 Å². The molecule has 16 heavy (non-hydrogen) atoms. The van der Waals surface area contributed by atoms with Gasteiger partial charge in [-0.05, 0) is 30.2 Å². The number of hydrogen-bond donors (Lipinski definition) is 1. The predicted molar refractivity (Wildman–Crippen MR) is 75.1 cm³/mol. The second-order valence-corrected chi connectivity index (χ2v) is 5.53. The maximum Gasteiger partial charge on any atom is 0.119 e. The predicted octanol–water partition coefficient (Wildman–Crippen LogP) is 3.43. The Morgan fingerprint density at radius 3 is 2.88 bits per heavy atom. The lowest BCUT2D eigenvalue weighted by Gasteiger charge is -2.10. The highest BCUT2D eigenvalue weighted by atomic mass is 79.9. The number of ether oxygens (including phenoxy) is 1. The fourth-order valence-electron chi connectivity index (χ4n) is 1.23. The minimum absolute atomic E-state index is 0.300. The quantitative estimate of drug-likeness (QED) is 0.874. The number of methoxy groups -OCH3 is 1. The number of nitrogens with two attached hydrogens (primary N) is 1. The summed E-state index contributed by atoms with van der Waals surface area (Å²) in [4.78, 5) is 0. The van der Waals surface area contributed by atoms with Gasteiger partial charge < -0.3 is 10.5 Å². The zero-order chi connectivity index (χ0) is 12.0. The van der Waals surface area contributed by atoms with E-state index in [2.05, 4.69) is 28.9 Å². The molecule has 4 heteroatoms. The smallest absolute Gasteiger partial charge is 0.119 e. The first-order valence-electron chi connectivity index (χ1n) is 5.33. The van der Waals surface area contributed by atoms with Crippen molar-refractivity contribution in [2.75, 3.05) is 12.9 Å². The molecule has 1 aromatic rings. The van der Waals surface area contributed by atoms with Gasteiger partial charge in [0.1, 0.15) is 5.75 Å². The average molecular weight is 304 g/mol. The molecule has 0 amide bonds. The molecule has 2 nitrogen and oxygen atoms in total. The molecule has 1 atom stereocenters. The van der Waals surface area contributed by atoms with Gasteiger partial charge in [0.2, 0.25) is 0 Å². The molecule has 0 radical (unpaired) electrons. The molecule has 0 saturated heterocycles. The van der Waals surface area contributed by atoms with Crippen molar-refractivity contribution < 1.29 is 4.74 Å². The van der Waals surface area contributed by atoms with Crippen LogP contribution in [0.4, 0.5) is 0 Å². The standard InChI is InChI=1S/C12H18BrNOS/c1-3-10(14)8-16-7-9-6-11(15-2)4-5-12(9)13/h4-6,10H,3,7-8,14H2,1-2H3. The maximum atomic E-state index is 5.87. The Kier molecular flexibility index (Phi) is 6.24. The lowest BCUT2D eigenvalue weighted by Crippen LogP contribution is -2.21. The van der Waals surface area contributed by atoms with Gasteiger partial charge in [0.25, 0.3) is 0 Å². The SMILES string of the molecule is CCC(N)CSCc1cc(OC)ccc1Br. The van der Waals surface area contributed by atoms with Crippen LogP contribution in [-0.4, -0.2) is 18.9 Å². The van der Waals surface area contributed by atoms with Crippen LogP contribution in [0.25, 0.3) is 0 Å². The van der Waals surface area contributed by atoms with Gasteiger partial charge in [-0.3, -0.25) is 0 Å². The molecule has 0 fully saturated rings. The summed E-state index contributed by atoms with van der Waals surface area (Å²) >= 11 is 5.41. The zero-order valence-corrected chi connectivity index (χ0v) is 12.1. The van der Waals surface area contributed by atoms with E-state index in [1.165, 1.54) is 5.56 Å². The molecule has 0 aliphatic carbocycles. The van der Waals surface area contributed by atoms with E-state index in [0.717, 1.165) is 28.1 Å². The summed E-state index contributed by atoms with van der Waals surface area (Å²) in [6.07, 6.45) is 1.03. The van der Waals surface area contributed by atoms with Crippen molar-refractivity contribution in [1.29, 1.82) is 0 Å². The zero-order valence-electron chi connectivity index (χ0n) is 9.70. The van der Waals surface area contributed by atoms with Gasteiger partial charge in [-0.25, -0.2) is 0 Å². The third kappa shape index (κ3) is 4.36. The van der Waals surface area contributed by atoms with E-state index in [1.54, 1.807) is 7.11 Å². The van der Waals surface area contributed by atoms with Crippen LogP contribution in [0.1, 0.15) is 18.9 Å². The average Bonchev–Trinajstić information content (AvgIpc) is 2.31. The van der Waals surface area contributed by atoms with Crippen molar-refractivity contribution in [3.05, 3.63) is 28.2 Å². The number of hydrogen-bond acceptors (Lipinski definition) is 3. The highest BCUT2D eigenvalue weighted by Crippen LogP contribution is 2.26. The summed E-state index contributed by atoms with van der Waals surface area (Å²) in [6.45, 7) is 2.12. The maximum absolute atomic E-state index is 5.87. The van der Waals surface area contributed by atoms with E-state index in [4.69, 9.17) is 10.5 Å². The summed E-state index contributed by atoms with van der Waals surface area (Å²) in [5.41, 5.74) is 7.13. The van der Waals surface area contributed by atoms with Crippen molar-refractivity contribution in [2.24, 2.45) is 5.73 Å². The van der Waals surface area contributed by atoms with Gasteiger partial charge in [0.15, 0.2) is 0 Å². The fraction of sp³-hybridized carbons (Fsp3) is 0.500. The summed E-state index contributed by atoms with van der Waals surface area (Å²) in [7, 11) is 1.69. The first-order valence-corrected chi connectivity index (χ1v) is 7.27. The molecule has 0 spiro atoms. The fourth-order valence-corrected chi connectivity index (χ4v) is 2.91. The van der Waals surface area contributed by atoms with E-state index in [9.17, 15) is 0 Å². The van der Waals surface area contributed by atoms with E-state index < -0.39 is 0 Å². The van der Waals surface area contributed by atoms with Crippen LogP contribution in [0.5, 0.6) is 5.75 Å². The molecule has 1 unspecified atom stereocenters. The molecule has 2 N–H and O–H groups in total. The normalized spacial score (nSPS) is 12.5. The van der Waals surface area contributed by atoms with E-state index >= 15 is 0 Å². The molecule has 1 aromatic carbocycles. The number of halogens is 1. The Morgan fingerprint density at radius 2 is 2.25 bits per heavy atom. The van der Waals surface area contributed by atoms with Gasteiger partial charge in [-0.2, -0.15) is 11.8 Å². The Balaban J connectivity index is 2.52. The second-order valence-electron chi connectivity index (χ2n) is 3.64. The number of thioether (sulfide) groups is 1. The summed E-state index contributed by atoms with van der Waals surface area (Å²) < 4.78 is 6.33. The Labute approximate surface area is 110 Å². The molecule has 0 bridgehead atoms. The van der Waals surface area contributed by atoms with Crippen molar-refractivity contribution >= 4 is 27.7 Å². The van der Waals surface area contributed by atoms with E-state index in [-0.39, 0.29) is 0 Å². The topological polar surface area (TPSA) is 35.2 Å². The highest BCUT2D eigenvalue weighted by molar-refractivity contribution is 9.10. The van der Waals surface area contributed by atoms with Crippen LogP contribution in [0.3, 0.4) is 0 Å². The molecule has 0 aromatic heterocycles. The lowest BCUT2D eigenvalue weighted by atomic mass is 10.2. The van der Waals surface area contributed by atoms with Gasteiger partial charge in [0.05, 0.1) is 7.11 Å². The first-order chi connectivity index (χ1) is 7.67. The van der Waals surface area contributed by atoms with Crippen molar-refractivity contribution in [1.82, 2.24) is 0 Å². The monoisotopic (exact) mass is 303 g/mol. The summed E-state index contributed by atoms with van der Waals surface area (Å²) in [5.74, 6) is 2.87. The molecule has 0 saturated carbocycles. The lowest BCUT2D eigenvalue weighted by molar-refractivity contribution is 0.414. The van der Waals surface area contributed by atoms with Gasteiger partial charge in [-0.15, -0.1) is 0 Å². The Bertz CT molecular complexity index is 333. The van der Waals surface area contributed by atoms with Gasteiger partial charge in [0, 0.05) is 22.0 Å². The van der Waals surface area contributed by atoms with Crippen molar-refractivity contribution in [3.8, 4) is 5.75 Å². The number of benzene rings is 1. The third-order valence-corrected chi connectivity index (χ3v) is 4.32. The Morgan fingerprint density at radius 1 is 1.50 bits per heavy atom. The summed E-state index contributed by atoms with van der Waals surface area (Å²) in [5, 5.41) is 0. The molecular formula is C12H18BrNOS. The minimum atomic E-state index is 0.300. The van der Waals surface area contributed by atoms with Crippen LogP contribution in [0.2, 0.25) is 0 Å². The number of rotatable bonds is 6. The molecule has 0 aliphatic rings. The van der Waals surface area contributed by atoms with Crippen LogP contribution in [-0.2, 0) is 5.75 Å². The van der Waals surface area contributed by atoms with Gasteiger partial charge >= 0.3 is 0 Å². The molecule has 1 rings (SSSR count). The summed E-state index contributed by atoms with van der Waals surface area (Å²) in [6, 6.07) is 6.34. The molecule has 0 heterocycles. The third-order valence-electron chi connectivity index (χ3n) is 2.37. The molecular weight excluding hydrogens is 286 g/mol. The van der Waals surface area contributed by atoms with Crippen LogP contribution in [0, 0.1) is 0 Å². The largest absolute Gasteiger partial charge is 0.497 e. The highest BCUT2D eigenvalue weighted by Gasteiger charge is 2.04. The van der Waals surface area contributed by atoms with Crippen molar-refractivity contribution in [3.63, 3.8) is 0 Å². The van der Waals surface area contributed by atoms with E-state index in [0.29, 0.717) is 6.04 Å². The van der Waals surface area contributed by atoms with Crippen LogP contribution >= 0.6 is 27.7 Å². The Hall–Kier alpha value is -0.190. The van der Waals surface area contributed by atoms with Gasteiger partial charge in [-0.1, -0.05) is 22.9 Å². The second kappa shape index (κ2) is 7.20. The molecule has 90 valence electrons. The van der Waals surface area contributed by atoms with E-state index in [1.807, 2.05) is 23.9 Å². The molecule has 0 aliphatic heterocycles. The van der Waals surface area contributed by atoms with Crippen LogP contribution in [0.15, 0.2) is 22.7 Å².